The van der Waals surface area contributed by atoms with Crippen LogP contribution in [0.1, 0.15) is 24.8 Å². The number of benzene rings is 1. The first-order chi connectivity index (χ1) is 8.22. The van der Waals surface area contributed by atoms with E-state index in [0.717, 1.165) is 32.5 Å². The first-order valence-corrected chi connectivity index (χ1v) is 6.41. The Morgan fingerprint density at radius 3 is 2.76 bits per heavy atom. The van der Waals surface area contributed by atoms with Crippen LogP contribution in [0.25, 0.3) is 0 Å². The van der Waals surface area contributed by atoms with Gasteiger partial charge in [0, 0.05) is 13.1 Å². The van der Waals surface area contributed by atoms with Crippen LogP contribution in [0.2, 0.25) is 0 Å². The quantitative estimate of drug-likeness (QED) is 0.827. The SMILES string of the molecule is NCC[C@@]1(O)CCCN(Cc2ccccc2)C1. The average molecular weight is 234 g/mol. The number of hydrogen-bond donors (Lipinski definition) is 2. The Kier molecular flexibility index (Phi) is 4.15. The summed E-state index contributed by atoms with van der Waals surface area (Å²) in [4.78, 5) is 2.33. The molecule has 1 aromatic rings. The van der Waals surface area contributed by atoms with Gasteiger partial charge in [0.15, 0.2) is 0 Å². The average Bonchev–Trinajstić information content (AvgIpc) is 2.30. The van der Waals surface area contributed by atoms with Gasteiger partial charge in [-0.1, -0.05) is 30.3 Å². The minimum atomic E-state index is -0.568. The molecule has 0 saturated carbocycles. The van der Waals surface area contributed by atoms with E-state index in [2.05, 4.69) is 29.2 Å². The molecule has 3 heteroatoms. The fourth-order valence-electron chi connectivity index (χ4n) is 2.66. The molecular weight excluding hydrogens is 212 g/mol. The lowest BCUT2D eigenvalue weighted by Gasteiger charge is -2.39. The van der Waals surface area contributed by atoms with Crippen LogP contribution in [0.4, 0.5) is 0 Å². The van der Waals surface area contributed by atoms with E-state index in [1.807, 2.05) is 6.07 Å². The van der Waals surface area contributed by atoms with Crippen molar-refractivity contribution in [3.63, 3.8) is 0 Å². The third-order valence-corrected chi connectivity index (χ3v) is 3.49. The Morgan fingerprint density at radius 2 is 2.06 bits per heavy atom. The van der Waals surface area contributed by atoms with Crippen molar-refractivity contribution < 1.29 is 5.11 Å². The summed E-state index contributed by atoms with van der Waals surface area (Å²) in [6, 6.07) is 10.4. The zero-order chi connectivity index (χ0) is 12.1. The van der Waals surface area contributed by atoms with Gasteiger partial charge >= 0.3 is 0 Å². The molecule has 1 heterocycles. The fraction of sp³-hybridized carbons (Fsp3) is 0.571. The van der Waals surface area contributed by atoms with E-state index in [1.54, 1.807) is 0 Å². The van der Waals surface area contributed by atoms with Gasteiger partial charge in [-0.2, -0.15) is 0 Å². The molecule has 1 aliphatic rings. The zero-order valence-electron chi connectivity index (χ0n) is 10.3. The van der Waals surface area contributed by atoms with Gasteiger partial charge in [-0.25, -0.2) is 0 Å². The van der Waals surface area contributed by atoms with Gasteiger partial charge in [0.05, 0.1) is 5.60 Å². The fourth-order valence-corrected chi connectivity index (χ4v) is 2.66. The smallest absolute Gasteiger partial charge is 0.0786 e. The van der Waals surface area contributed by atoms with Crippen LogP contribution in [-0.4, -0.2) is 35.2 Å². The van der Waals surface area contributed by atoms with Crippen LogP contribution in [0.3, 0.4) is 0 Å². The number of β-amino-alcohol motifs (C(OH)–C–C–N with tert-alkyl or cyclic N) is 1. The second kappa shape index (κ2) is 5.63. The largest absolute Gasteiger partial charge is 0.389 e. The Balaban J connectivity index is 1.94. The molecule has 1 aromatic carbocycles. The highest BCUT2D eigenvalue weighted by molar-refractivity contribution is 5.14. The molecule has 0 aromatic heterocycles. The van der Waals surface area contributed by atoms with Crippen molar-refractivity contribution >= 4 is 0 Å². The second-order valence-electron chi connectivity index (χ2n) is 5.06. The Hall–Kier alpha value is -0.900. The standard InChI is InChI=1S/C14H22N2O/c15-9-8-14(17)7-4-10-16(12-14)11-13-5-2-1-3-6-13/h1-3,5-6,17H,4,7-12,15H2/t14-/m0/s1. The molecule has 0 bridgehead atoms. The number of likely N-dealkylation sites (tertiary alicyclic amines) is 1. The molecule has 94 valence electrons. The summed E-state index contributed by atoms with van der Waals surface area (Å²) < 4.78 is 0. The Labute approximate surface area is 103 Å². The van der Waals surface area contributed by atoms with E-state index in [-0.39, 0.29) is 0 Å². The van der Waals surface area contributed by atoms with Gasteiger partial charge < -0.3 is 10.8 Å². The van der Waals surface area contributed by atoms with Crippen molar-refractivity contribution in [1.82, 2.24) is 4.90 Å². The molecule has 1 aliphatic heterocycles. The molecule has 1 saturated heterocycles. The number of rotatable bonds is 4. The molecule has 3 nitrogen and oxygen atoms in total. The molecule has 0 aliphatic carbocycles. The van der Waals surface area contributed by atoms with E-state index >= 15 is 0 Å². The molecule has 2 rings (SSSR count). The van der Waals surface area contributed by atoms with E-state index in [9.17, 15) is 5.11 Å². The van der Waals surface area contributed by atoms with Crippen molar-refractivity contribution in [2.75, 3.05) is 19.6 Å². The van der Waals surface area contributed by atoms with Crippen LogP contribution in [0.5, 0.6) is 0 Å². The van der Waals surface area contributed by atoms with Gasteiger partial charge in [-0.3, -0.25) is 4.90 Å². The van der Waals surface area contributed by atoms with E-state index < -0.39 is 5.60 Å². The van der Waals surface area contributed by atoms with Gasteiger partial charge in [0.2, 0.25) is 0 Å². The van der Waals surface area contributed by atoms with E-state index in [0.29, 0.717) is 13.0 Å². The minimum absolute atomic E-state index is 0.565. The van der Waals surface area contributed by atoms with Crippen molar-refractivity contribution in [2.24, 2.45) is 5.73 Å². The van der Waals surface area contributed by atoms with Crippen molar-refractivity contribution in [3.8, 4) is 0 Å². The van der Waals surface area contributed by atoms with Gasteiger partial charge in [0.1, 0.15) is 0 Å². The summed E-state index contributed by atoms with van der Waals surface area (Å²) in [6.07, 6.45) is 2.65. The summed E-state index contributed by atoms with van der Waals surface area (Å²) in [7, 11) is 0. The van der Waals surface area contributed by atoms with E-state index in [4.69, 9.17) is 5.73 Å². The summed E-state index contributed by atoms with van der Waals surface area (Å²) in [6.45, 7) is 3.31. The van der Waals surface area contributed by atoms with Gasteiger partial charge in [-0.15, -0.1) is 0 Å². The third kappa shape index (κ3) is 3.53. The van der Waals surface area contributed by atoms with Crippen molar-refractivity contribution in [2.45, 2.75) is 31.4 Å². The van der Waals surface area contributed by atoms with Crippen molar-refractivity contribution in [3.05, 3.63) is 35.9 Å². The monoisotopic (exact) mass is 234 g/mol. The minimum Gasteiger partial charge on any atom is -0.389 e. The van der Waals surface area contributed by atoms with E-state index in [1.165, 1.54) is 5.56 Å². The third-order valence-electron chi connectivity index (χ3n) is 3.49. The lowest BCUT2D eigenvalue weighted by atomic mass is 9.89. The highest BCUT2D eigenvalue weighted by Crippen LogP contribution is 2.24. The summed E-state index contributed by atoms with van der Waals surface area (Å²) in [5, 5.41) is 10.4. The normalized spacial score (nSPS) is 26.0. The molecular formula is C14H22N2O. The number of aliphatic hydroxyl groups is 1. The second-order valence-corrected chi connectivity index (χ2v) is 5.06. The topological polar surface area (TPSA) is 49.5 Å². The molecule has 0 radical (unpaired) electrons. The molecule has 3 N–H and O–H groups in total. The number of piperidine rings is 1. The predicted octanol–water partition coefficient (Wildman–Crippen LogP) is 1.36. The zero-order valence-corrected chi connectivity index (χ0v) is 10.3. The lowest BCUT2D eigenvalue weighted by molar-refractivity contribution is -0.0373. The van der Waals surface area contributed by atoms with Gasteiger partial charge in [-0.05, 0) is 37.9 Å². The maximum Gasteiger partial charge on any atom is 0.0786 e. The number of nitrogens with zero attached hydrogens (tertiary/aromatic N) is 1. The maximum atomic E-state index is 10.4. The summed E-state index contributed by atoms with van der Waals surface area (Å²) in [5.41, 5.74) is 6.31. The Morgan fingerprint density at radius 1 is 1.29 bits per heavy atom. The Bertz CT molecular complexity index is 337. The predicted molar refractivity (Wildman–Crippen MR) is 69.6 cm³/mol. The molecule has 0 unspecified atom stereocenters. The van der Waals surface area contributed by atoms with Crippen molar-refractivity contribution in [1.29, 1.82) is 0 Å². The van der Waals surface area contributed by atoms with Crippen LogP contribution in [0, 0.1) is 0 Å². The maximum absolute atomic E-state index is 10.4. The van der Waals surface area contributed by atoms with Crippen LogP contribution >= 0.6 is 0 Å². The number of nitrogens with two attached hydrogens (primary N) is 1. The molecule has 0 amide bonds. The van der Waals surface area contributed by atoms with Crippen LogP contribution in [-0.2, 0) is 6.54 Å². The summed E-state index contributed by atoms with van der Waals surface area (Å²) in [5.74, 6) is 0. The molecule has 0 spiro atoms. The number of hydrogen-bond acceptors (Lipinski definition) is 3. The highest BCUT2D eigenvalue weighted by Gasteiger charge is 2.32. The van der Waals surface area contributed by atoms with Crippen LogP contribution in [0.15, 0.2) is 30.3 Å². The highest BCUT2D eigenvalue weighted by atomic mass is 16.3. The van der Waals surface area contributed by atoms with Crippen LogP contribution < -0.4 is 5.73 Å². The van der Waals surface area contributed by atoms with Gasteiger partial charge in [0.25, 0.3) is 0 Å². The summed E-state index contributed by atoms with van der Waals surface area (Å²) >= 11 is 0. The molecule has 17 heavy (non-hydrogen) atoms. The first kappa shape index (κ1) is 12.6. The molecule has 1 fully saturated rings. The first-order valence-electron chi connectivity index (χ1n) is 6.41. The molecule has 1 atom stereocenters. The lowest BCUT2D eigenvalue weighted by Crippen LogP contribution is -2.48.